The van der Waals surface area contributed by atoms with E-state index in [2.05, 4.69) is 41.5 Å². The molecule has 0 aliphatic heterocycles. The SMILES string of the molecule is CSCC(C)CNc1nc(Cl)nc2sc(C)cc12. The molecule has 2 rings (SSSR count). The fraction of sp³-hybridized carbons (Fsp3) is 0.500. The molecule has 0 radical (unpaired) electrons. The van der Waals surface area contributed by atoms with Crippen LogP contribution in [0.5, 0.6) is 0 Å². The summed E-state index contributed by atoms with van der Waals surface area (Å²) in [6.45, 7) is 5.20. The van der Waals surface area contributed by atoms with E-state index < -0.39 is 0 Å². The molecule has 0 aromatic carbocycles. The van der Waals surface area contributed by atoms with Crippen molar-refractivity contribution in [2.45, 2.75) is 13.8 Å². The standard InChI is InChI=1S/C12H16ClN3S2/c1-7(6-17-3)5-14-10-9-4-8(2)18-11(9)16-12(13)15-10/h4,7H,5-6H2,1-3H3,(H,14,15,16). The summed E-state index contributed by atoms with van der Waals surface area (Å²) in [5.41, 5.74) is 0. The van der Waals surface area contributed by atoms with Crippen LogP contribution in [0.4, 0.5) is 5.82 Å². The second kappa shape index (κ2) is 6.08. The van der Waals surface area contributed by atoms with Crippen LogP contribution in [0.25, 0.3) is 10.2 Å². The number of thioether (sulfide) groups is 1. The molecule has 1 atom stereocenters. The summed E-state index contributed by atoms with van der Waals surface area (Å²) in [6.07, 6.45) is 2.12. The molecule has 2 aromatic heterocycles. The maximum Gasteiger partial charge on any atom is 0.225 e. The van der Waals surface area contributed by atoms with Crippen molar-refractivity contribution in [3.8, 4) is 0 Å². The van der Waals surface area contributed by atoms with E-state index in [-0.39, 0.29) is 0 Å². The van der Waals surface area contributed by atoms with Gasteiger partial charge < -0.3 is 5.32 Å². The van der Waals surface area contributed by atoms with Crippen LogP contribution in [0.1, 0.15) is 11.8 Å². The summed E-state index contributed by atoms with van der Waals surface area (Å²) in [5, 5.41) is 4.76. The quantitative estimate of drug-likeness (QED) is 0.845. The third-order valence-corrected chi connectivity index (χ3v) is 4.57. The number of anilines is 1. The van der Waals surface area contributed by atoms with E-state index in [1.165, 1.54) is 4.88 Å². The molecule has 0 spiro atoms. The van der Waals surface area contributed by atoms with Gasteiger partial charge in [0.05, 0.1) is 5.39 Å². The summed E-state index contributed by atoms with van der Waals surface area (Å²) in [6, 6.07) is 2.11. The Hall–Kier alpha value is -0.520. The lowest BCUT2D eigenvalue weighted by Gasteiger charge is -2.12. The zero-order chi connectivity index (χ0) is 13.1. The normalized spacial score (nSPS) is 12.9. The summed E-state index contributed by atoms with van der Waals surface area (Å²) < 4.78 is 0. The molecule has 2 aromatic rings. The largest absolute Gasteiger partial charge is 0.369 e. The molecule has 0 amide bonds. The number of hydrogen-bond acceptors (Lipinski definition) is 5. The Balaban J connectivity index is 2.21. The molecule has 0 saturated heterocycles. The van der Waals surface area contributed by atoms with Gasteiger partial charge in [-0.15, -0.1) is 11.3 Å². The molecule has 0 aliphatic rings. The number of halogens is 1. The van der Waals surface area contributed by atoms with Gasteiger partial charge in [-0.3, -0.25) is 0 Å². The van der Waals surface area contributed by atoms with Crippen LogP contribution in [0, 0.1) is 12.8 Å². The Morgan fingerprint density at radius 1 is 1.50 bits per heavy atom. The molecule has 98 valence electrons. The molecule has 18 heavy (non-hydrogen) atoms. The summed E-state index contributed by atoms with van der Waals surface area (Å²) >= 11 is 9.45. The minimum atomic E-state index is 0.310. The van der Waals surface area contributed by atoms with Crippen LogP contribution in [0.3, 0.4) is 0 Å². The van der Waals surface area contributed by atoms with Crippen molar-refractivity contribution < 1.29 is 0 Å². The van der Waals surface area contributed by atoms with Crippen LogP contribution in [0.2, 0.25) is 5.28 Å². The number of aromatic nitrogens is 2. The molecule has 0 aliphatic carbocycles. The minimum absolute atomic E-state index is 0.310. The molecule has 0 bridgehead atoms. The molecule has 3 nitrogen and oxygen atoms in total. The molecule has 2 heterocycles. The Morgan fingerprint density at radius 3 is 3.00 bits per heavy atom. The van der Waals surface area contributed by atoms with Crippen molar-refractivity contribution in [2.24, 2.45) is 5.92 Å². The maximum absolute atomic E-state index is 5.95. The first-order valence-electron chi connectivity index (χ1n) is 5.76. The van der Waals surface area contributed by atoms with Crippen molar-refractivity contribution in [2.75, 3.05) is 23.9 Å². The molecular weight excluding hydrogens is 286 g/mol. The van der Waals surface area contributed by atoms with Gasteiger partial charge in [-0.05, 0) is 42.5 Å². The predicted molar refractivity (Wildman–Crippen MR) is 83.2 cm³/mol. The average molecular weight is 302 g/mol. The fourth-order valence-electron chi connectivity index (χ4n) is 1.77. The van der Waals surface area contributed by atoms with Gasteiger partial charge in [-0.25, -0.2) is 9.97 Å². The number of thiophene rings is 1. The number of rotatable bonds is 5. The zero-order valence-corrected chi connectivity index (χ0v) is 13.0. The van der Waals surface area contributed by atoms with Crippen molar-refractivity contribution in [3.05, 3.63) is 16.2 Å². The lowest BCUT2D eigenvalue weighted by molar-refractivity contribution is 0.700. The second-order valence-electron chi connectivity index (χ2n) is 4.36. The molecule has 1 unspecified atom stereocenters. The number of hydrogen-bond donors (Lipinski definition) is 1. The highest BCUT2D eigenvalue weighted by molar-refractivity contribution is 7.98. The van der Waals surface area contributed by atoms with Gasteiger partial charge in [-0.2, -0.15) is 11.8 Å². The third-order valence-electron chi connectivity index (χ3n) is 2.56. The van der Waals surface area contributed by atoms with Crippen LogP contribution in [-0.4, -0.2) is 28.5 Å². The summed E-state index contributed by atoms with van der Waals surface area (Å²) in [7, 11) is 0. The third kappa shape index (κ3) is 3.28. The van der Waals surface area contributed by atoms with Gasteiger partial charge in [0, 0.05) is 11.4 Å². The van der Waals surface area contributed by atoms with Crippen molar-refractivity contribution in [1.82, 2.24) is 9.97 Å². The Bertz CT molecular complexity index is 541. The van der Waals surface area contributed by atoms with Gasteiger partial charge in [0.15, 0.2) is 0 Å². The van der Waals surface area contributed by atoms with Gasteiger partial charge >= 0.3 is 0 Å². The van der Waals surface area contributed by atoms with Crippen LogP contribution in [-0.2, 0) is 0 Å². The van der Waals surface area contributed by atoms with E-state index in [0.29, 0.717) is 11.2 Å². The number of aryl methyl sites for hydroxylation is 1. The van der Waals surface area contributed by atoms with Crippen molar-refractivity contribution >= 4 is 50.7 Å². The van der Waals surface area contributed by atoms with Crippen LogP contribution in [0.15, 0.2) is 6.07 Å². The highest BCUT2D eigenvalue weighted by Crippen LogP contribution is 2.29. The maximum atomic E-state index is 5.95. The Labute approximate surface area is 120 Å². The smallest absolute Gasteiger partial charge is 0.225 e. The molecule has 0 fully saturated rings. The van der Waals surface area contributed by atoms with Gasteiger partial charge in [0.25, 0.3) is 0 Å². The van der Waals surface area contributed by atoms with Gasteiger partial charge in [0.2, 0.25) is 5.28 Å². The van der Waals surface area contributed by atoms with E-state index in [1.807, 2.05) is 11.8 Å². The van der Waals surface area contributed by atoms with E-state index in [9.17, 15) is 0 Å². The topological polar surface area (TPSA) is 37.8 Å². The molecule has 0 saturated carbocycles. The average Bonchev–Trinajstić information content (AvgIpc) is 2.66. The fourth-order valence-corrected chi connectivity index (χ4v) is 3.55. The van der Waals surface area contributed by atoms with Crippen LogP contribution < -0.4 is 5.32 Å². The number of fused-ring (bicyclic) bond motifs is 1. The summed E-state index contributed by atoms with van der Waals surface area (Å²) in [4.78, 5) is 10.7. The number of nitrogens with one attached hydrogen (secondary N) is 1. The molecular formula is C12H16ClN3S2. The van der Waals surface area contributed by atoms with Crippen LogP contribution >= 0.6 is 34.7 Å². The lowest BCUT2D eigenvalue weighted by Crippen LogP contribution is -2.14. The second-order valence-corrected chi connectivity index (χ2v) is 6.84. The monoisotopic (exact) mass is 301 g/mol. The van der Waals surface area contributed by atoms with Crippen molar-refractivity contribution in [3.63, 3.8) is 0 Å². The van der Waals surface area contributed by atoms with E-state index in [0.717, 1.165) is 28.3 Å². The zero-order valence-electron chi connectivity index (χ0n) is 10.7. The summed E-state index contributed by atoms with van der Waals surface area (Å²) in [5.74, 6) is 2.59. The van der Waals surface area contributed by atoms with Gasteiger partial charge in [-0.1, -0.05) is 6.92 Å². The Morgan fingerprint density at radius 2 is 2.28 bits per heavy atom. The highest BCUT2D eigenvalue weighted by atomic mass is 35.5. The van der Waals surface area contributed by atoms with Gasteiger partial charge in [0.1, 0.15) is 10.6 Å². The van der Waals surface area contributed by atoms with E-state index in [4.69, 9.17) is 11.6 Å². The Kier molecular flexibility index (Phi) is 4.70. The minimum Gasteiger partial charge on any atom is -0.369 e. The number of nitrogens with zero attached hydrogens (tertiary/aromatic N) is 2. The van der Waals surface area contributed by atoms with Crippen molar-refractivity contribution in [1.29, 1.82) is 0 Å². The van der Waals surface area contributed by atoms with E-state index >= 15 is 0 Å². The first kappa shape index (κ1) is 13.9. The highest BCUT2D eigenvalue weighted by Gasteiger charge is 2.10. The lowest BCUT2D eigenvalue weighted by atomic mass is 10.2. The first-order valence-corrected chi connectivity index (χ1v) is 8.35. The molecule has 6 heteroatoms. The first-order chi connectivity index (χ1) is 8.60. The molecule has 1 N–H and O–H groups in total. The van der Waals surface area contributed by atoms with E-state index in [1.54, 1.807) is 11.3 Å². The predicted octanol–water partition coefficient (Wildman–Crippen LogP) is 4.06.